The summed E-state index contributed by atoms with van der Waals surface area (Å²) in [6, 6.07) is 2.99. The molecule has 0 radical (unpaired) electrons. The molecule has 0 aliphatic heterocycles. The minimum Gasteiger partial charge on any atom is -0.310 e. The minimum absolute atomic E-state index is 0.00272. The molecule has 102 valence electrons. The van der Waals surface area contributed by atoms with Gasteiger partial charge in [-0.1, -0.05) is 32.9 Å². The van der Waals surface area contributed by atoms with Crippen molar-refractivity contribution in [3.63, 3.8) is 0 Å². The Balaban J connectivity index is 3.24. The zero-order valence-electron chi connectivity index (χ0n) is 10.6. The van der Waals surface area contributed by atoms with E-state index >= 15 is 0 Å². The molecule has 0 fully saturated rings. The highest BCUT2D eigenvalue weighted by atomic mass is 19.4. The van der Waals surface area contributed by atoms with E-state index in [-0.39, 0.29) is 11.5 Å². The Morgan fingerprint density at radius 3 is 2.28 bits per heavy atom. The summed E-state index contributed by atoms with van der Waals surface area (Å²) in [6.45, 7) is 6.08. The van der Waals surface area contributed by atoms with Crippen LogP contribution in [0.4, 0.5) is 17.6 Å². The van der Waals surface area contributed by atoms with Crippen molar-refractivity contribution < 1.29 is 17.6 Å². The van der Waals surface area contributed by atoms with E-state index in [1.54, 1.807) is 0 Å². The normalized spacial score (nSPS) is 14.0. The van der Waals surface area contributed by atoms with Gasteiger partial charge in [-0.2, -0.15) is 13.2 Å². The van der Waals surface area contributed by atoms with E-state index in [4.69, 9.17) is 0 Å². The summed E-state index contributed by atoms with van der Waals surface area (Å²) in [5.41, 5.74) is -1.13. The van der Waals surface area contributed by atoms with E-state index in [0.29, 0.717) is 6.54 Å². The Hall–Kier alpha value is -1.10. The third-order valence-corrected chi connectivity index (χ3v) is 2.76. The van der Waals surface area contributed by atoms with Gasteiger partial charge in [0.1, 0.15) is 5.82 Å². The molecule has 1 rings (SSSR count). The first-order chi connectivity index (χ1) is 8.29. The number of alkyl halides is 3. The van der Waals surface area contributed by atoms with Crippen LogP contribution >= 0.6 is 0 Å². The lowest BCUT2D eigenvalue weighted by atomic mass is 9.94. The smallest absolute Gasteiger partial charge is 0.310 e. The molecule has 0 saturated carbocycles. The van der Waals surface area contributed by atoms with Gasteiger partial charge in [0.2, 0.25) is 0 Å². The third kappa shape index (κ3) is 3.22. The fourth-order valence-corrected chi connectivity index (χ4v) is 1.93. The summed E-state index contributed by atoms with van der Waals surface area (Å²) in [6.07, 6.45) is -4.66. The number of hydrogen-bond acceptors (Lipinski definition) is 1. The maximum Gasteiger partial charge on any atom is 0.419 e. The molecule has 5 heteroatoms. The van der Waals surface area contributed by atoms with Gasteiger partial charge in [0.05, 0.1) is 5.56 Å². The highest BCUT2D eigenvalue weighted by Crippen LogP contribution is 2.35. The Labute approximate surface area is 104 Å². The fraction of sp³-hybridized carbons (Fsp3) is 0.538. The maximum atomic E-state index is 13.9. The molecular weight excluding hydrogens is 246 g/mol. The maximum absolute atomic E-state index is 13.9. The molecule has 1 N–H and O–H groups in total. The molecule has 1 atom stereocenters. The predicted octanol–water partition coefficient (Wildman–Crippen LogP) is 4.15. The Morgan fingerprint density at radius 2 is 1.83 bits per heavy atom. The van der Waals surface area contributed by atoms with E-state index < -0.39 is 23.6 Å². The molecule has 0 aromatic heterocycles. The van der Waals surface area contributed by atoms with Crippen molar-refractivity contribution in [2.24, 2.45) is 5.92 Å². The Bertz CT molecular complexity index is 398. The average molecular weight is 263 g/mol. The lowest BCUT2D eigenvalue weighted by Crippen LogP contribution is -2.27. The zero-order chi connectivity index (χ0) is 13.9. The molecule has 0 heterocycles. The lowest BCUT2D eigenvalue weighted by molar-refractivity contribution is -0.140. The van der Waals surface area contributed by atoms with Crippen molar-refractivity contribution in [1.82, 2.24) is 5.32 Å². The van der Waals surface area contributed by atoms with Crippen LogP contribution in [0.2, 0.25) is 0 Å². The van der Waals surface area contributed by atoms with Crippen molar-refractivity contribution >= 4 is 0 Å². The van der Waals surface area contributed by atoms with Gasteiger partial charge in [0, 0.05) is 11.6 Å². The van der Waals surface area contributed by atoms with Crippen LogP contribution in [-0.2, 0) is 6.18 Å². The largest absolute Gasteiger partial charge is 0.419 e. The second-order valence-electron chi connectivity index (χ2n) is 4.49. The Morgan fingerprint density at radius 1 is 1.22 bits per heavy atom. The van der Waals surface area contributed by atoms with E-state index in [9.17, 15) is 17.6 Å². The zero-order valence-corrected chi connectivity index (χ0v) is 10.6. The van der Waals surface area contributed by atoms with Gasteiger partial charge in [0.15, 0.2) is 0 Å². The number of nitrogens with one attached hydrogen (secondary N) is 1. The molecule has 1 unspecified atom stereocenters. The van der Waals surface area contributed by atoms with Crippen LogP contribution in [0.1, 0.15) is 37.9 Å². The first kappa shape index (κ1) is 15.0. The van der Waals surface area contributed by atoms with Gasteiger partial charge in [-0.05, 0) is 18.5 Å². The molecule has 0 amide bonds. The molecule has 0 aliphatic rings. The first-order valence-corrected chi connectivity index (χ1v) is 5.88. The number of halogens is 4. The number of rotatable bonds is 4. The van der Waals surface area contributed by atoms with Crippen molar-refractivity contribution in [3.05, 3.63) is 35.1 Å². The van der Waals surface area contributed by atoms with Crippen molar-refractivity contribution in [3.8, 4) is 0 Å². The predicted molar refractivity (Wildman–Crippen MR) is 62.7 cm³/mol. The minimum atomic E-state index is -4.66. The fourth-order valence-electron chi connectivity index (χ4n) is 1.93. The van der Waals surface area contributed by atoms with E-state index in [2.05, 4.69) is 5.32 Å². The SMILES string of the molecule is CCNC(c1cccc(C(F)(F)F)c1F)C(C)C. The van der Waals surface area contributed by atoms with Gasteiger partial charge >= 0.3 is 6.18 Å². The van der Waals surface area contributed by atoms with Crippen LogP contribution in [0.15, 0.2) is 18.2 Å². The van der Waals surface area contributed by atoms with E-state index in [0.717, 1.165) is 6.07 Å². The molecule has 18 heavy (non-hydrogen) atoms. The average Bonchev–Trinajstić information content (AvgIpc) is 2.24. The molecular formula is C13H17F4N. The molecule has 1 aromatic carbocycles. The topological polar surface area (TPSA) is 12.0 Å². The second kappa shape index (κ2) is 5.69. The van der Waals surface area contributed by atoms with Gasteiger partial charge < -0.3 is 5.32 Å². The molecule has 0 saturated heterocycles. The van der Waals surface area contributed by atoms with Crippen LogP contribution in [0.5, 0.6) is 0 Å². The third-order valence-electron chi connectivity index (χ3n) is 2.76. The van der Waals surface area contributed by atoms with Crippen LogP contribution < -0.4 is 5.32 Å². The van der Waals surface area contributed by atoms with Gasteiger partial charge in [-0.3, -0.25) is 0 Å². The van der Waals surface area contributed by atoms with E-state index in [1.807, 2.05) is 20.8 Å². The molecule has 1 nitrogen and oxygen atoms in total. The summed E-state index contributed by atoms with van der Waals surface area (Å²) in [5.74, 6) is -1.17. The standard InChI is InChI=1S/C13H17F4N/c1-4-18-12(8(2)3)9-6-5-7-10(11(9)14)13(15,16)17/h5-8,12,18H,4H2,1-3H3. The summed E-state index contributed by atoms with van der Waals surface area (Å²) in [5, 5.41) is 3.01. The summed E-state index contributed by atoms with van der Waals surface area (Å²) >= 11 is 0. The number of benzene rings is 1. The van der Waals surface area contributed by atoms with Gasteiger partial charge in [0.25, 0.3) is 0 Å². The van der Waals surface area contributed by atoms with Crippen LogP contribution in [0, 0.1) is 11.7 Å². The first-order valence-electron chi connectivity index (χ1n) is 5.88. The van der Waals surface area contributed by atoms with Crippen molar-refractivity contribution in [2.75, 3.05) is 6.54 Å². The van der Waals surface area contributed by atoms with Crippen molar-refractivity contribution in [1.29, 1.82) is 0 Å². The molecule has 0 bridgehead atoms. The molecule has 0 spiro atoms. The second-order valence-corrected chi connectivity index (χ2v) is 4.49. The summed E-state index contributed by atoms with van der Waals surface area (Å²) in [7, 11) is 0. The van der Waals surface area contributed by atoms with Crippen LogP contribution in [-0.4, -0.2) is 6.54 Å². The van der Waals surface area contributed by atoms with Crippen molar-refractivity contribution in [2.45, 2.75) is 33.0 Å². The highest BCUT2D eigenvalue weighted by Gasteiger charge is 2.35. The monoisotopic (exact) mass is 263 g/mol. The summed E-state index contributed by atoms with van der Waals surface area (Å²) < 4.78 is 51.8. The van der Waals surface area contributed by atoms with Gasteiger partial charge in [-0.25, -0.2) is 4.39 Å². The van der Waals surface area contributed by atoms with Crippen LogP contribution in [0.25, 0.3) is 0 Å². The Kier molecular flexibility index (Phi) is 4.73. The van der Waals surface area contributed by atoms with Gasteiger partial charge in [-0.15, -0.1) is 0 Å². The van der Waals surface area contributed by atoms with E-state index in [1.165, 1.54) is 12.1 Å². The molecule has 0 aliphatic carbocycles. The number of hydrogen-bond donors (Lipinski definition) is 1. The lowest BCUT2D eigenvalue weighted by Gasteiger charge is -2.24. The molecule has 1 aromatic rings. The quantitative estimate of drug-likeness (QED) is 0.805. The highest BCUT2D eigenvalue weighted by molar-refractivity contribution is 5.30. The van der Waals surface area contributed by atoms with Crippen LogP contribution in [0.3, 0.4) is 0 Å². The summed E-state index contributed by atoms with van der Waals surface area (Å²) in [4.78, 5) is 0.